The van der Waals surface area contributed by atoms with Crippen LogP contribution in [0.1, 0.15) is 53.9 Å². The van der Waals surface area contributed by atoms with Crippen molar-refractivity contribution in [3.05, 3.63) is 0 Å². The maximum Gasteiger partial charge on any atom is 0.351 e. The third-order valence-corrected chi connectivity index (χ3v) is 2.43. The molecule has 0 aliphatic rings. The first-order chi connectivity index (χ1) is 8.31. The van der Waals surface area contributed by atoms with Crippen LogP contribution in [-0.2, 0) is 29.4 Å². The van der Waals surface area contributed by atoms with E-state index in [4.69, 9.17) is 0 Å². The average Bonchev–Trinajstić information content (AvgIpc) is 2.31. The van der Waals surface area contributed by atoms with E-state index in [1.807, 2.05) is 6.92 Å². The van der Waals surface area contributed by atoms with E-state index in [1.165, 1.54) is 0 Å². The Labute approximate surface area is 107 Å². The van der Waals surface area contributed by atoms with Crippen LogP contribution in [0.25, 0.3) is 0 Å². The van der Waals surface area contributed by atoms with E-state index in [0.29, 0.717) is 6.42 Å². The van der Waals surface area contributed by atoms with Crippen molar-refractivity contribution in [1.29, 1.82) is 0 Å². The van der Waals surface area contributed by atoms with E-state index in [1.54, 1.807) is 27.7 Å². The molecule has 0 radical (unpaired) electrons. The highest BCUT2D eigenvalue weighted by Gasteiger charge is 2.30. The van der Waals surface area contributed by atoms with Crippen molar-refractivity contribution in [3.63, 3.8) is 0 Å². The van der Waals surface area contributed by atoms with Gasteiger partial charge in [0.05, 0.1) is 11.3 Å². The van der Waals surface area contributed by atoms with Gasteiger partial charge in [-0.05, 0) is 20.3 Å². The van der Waals surface area contributed by atoms with E-state index in [2.05, 4.69) is 19.9 Å². The summed E-state index contributed by atoms with van der Waals surface area (Å²) in [5, 5.41) is 8.12. The fourth-order valence-electron chi connectivity index (χ4n) is 1.02. The van der Waals surface area contributed by atoms with Gasteiger partial charge in [0.1, 0.15) is 0 Å². The zero-order valence-corrected chi connectivity index (χ0v) is 11.6. The van der Waals surface area contributed by atoms with Crippen LogP contribution in [0.5, 0.6) is 0 Å². The Morgan fingerprint density at radius 1 is 1.11 bits per heavy atom. The molecular formula is C12H22O6. The summed E-state index contributed by atoms with van der Waals surface area (Å²) in [4.78, 5) is 31.1. The largest absolute Gasteiger partial charge is 0.351 e. The lowest BCUT2D eigenvalue weighted by Gasteiger charge is -2.19. The summed E-state index contributed by atoms with van der Waals surface area (Å²) in [6, 6.07) is 0. The summed E-state index contributed by atoms with van der Waals surface area (Å²) in [6.07, 6.45) is 2.57. The summed E-state index contributed by atoms with van der Waals surface area (Å²) in [5.74, 6) is -1.54. The summed E-state index contributed by atoms with van der Waals surface area (Å²) in [5.41, 5.74) is -0.665. The molecule has 0 atom stereocenters. The highest BCUT2D eigenvalue weighted by Crippen LogP contribution is 2.25. The molecule has 0 unspecified atom stereocenters. The smallest absolute Gasteiger partial charge is 0.266 e. The molecule has 0 saturated carbocycles. The lowest BCUT2D eigenvalue weighted by Crippen LogP contribution is -2.27. The van der Waals surface area contributed by atoms with Crippen molar-refractivity contribution in [2.45, 2.75) is 53.9 Å². The zero-order valence-electron chi connectivity index (χ0n) is 11.6. The first kappa shape index (κ1) is 16.9. The second-order valence-corrected chi connectivity index (χ2v) is 5.05. The van der Waals surface area contributed by atoms with Crippen molar-refractivity contribution in [1.82, 2.24) is 0 Å². The van der Waals surface area contributed by atoms with Gasteiger partial charge < -0.3 is 0 Å². The molecule has 0 heterocycles. The van der Waals surface area contributed by atoms with E-state index in [9.17, 15) is 9.59 Å². The van der Waals surface area contributed by atoms with Crippen LogP contribution >= 0.6 is 0 Å². The molecule has 0 spiro atoms. The van der Waals surface area contributed by atoms with Crippen molar-refractivity contribution in [3.8, 4) is 0 Å². The highest BCUT2D eigenvalue weighted by atomic mass is 17.7. The van der Waals surface area contributed by atoms with Gasteiger partial charge in [-0.25, -0.2) is 9.59 Å². The van der Waals surface area contributed by atoms with E-state index >= 15 is 0 Å². The maximum atomic E-state index is 11.6. The first-order valence-electron chi connectivity index (χ1n) is 6.07. The van der Waals surface area contributed by atoms with Crippen molar-refractivity contribution in [2.75, 3.05) is 0 Å². The molecule has 18 heavy (non-hydrogen) atoms. The molecule has 0 rings (SSSR count). The predicted molar refractivity (Wildman–Crippen MR) is 62.5 cm³/mol. The number of hydrogen-bond donors (Lipinski definition) is 0. The van der Waals surface area contributed by atoms with E-state index in [0.717, 1.165) is 12.8 Å². The molecule has 0 amide bonds. The summed E-state index contributed by atoms with van der Waals surface area (Å²) in [7, 11) is 0. The second-order valence-electron chi connectivity index (χ2n) is 5.05. The predicted octanol–water partition coefficient (Wildman–Crippen LogP) is 2.72. The number of carbonyl (C=O) groups excluding carboxylic acids is 2. The Balaban J connectivity index is 3.86. The van der Waals surface area contributed by atoms with Crippen LogP contribution in [0.15, 0.2) is 0 Å². The van der Waals surface area contributed by atoms with Gasteiger partial charge in [0.25, 0.3) is 0 Å². The third kappa shape index (κ3) is 6.56. The first-order valence-corrected chi connectivity index (χ1v) is 6.07. The Bertz CT molecular complexity index is 272. The van der Waals surface area contributed by atoms with Gasteiger partial charge in [-0.15, -0.1) is 0 Å². The minimum Gasteiger partial charge on any atom is -0.266 e. The summed E-state index contributed by atoms with van der Waals surface area (Å²) >= 11 is 0. The van der Waals surface area contributed by atoms with Gasteiger partial charge in [0, 0.05) is 10.1 Å². The molecule has 0 N–H and O–H groups in total. The fourth-order valence-corrected chi connectivity index (χ4v) is 1.02. The van der Waals surface area contributed by atoms with Crippen LogP contribution < -0.4 is 0 Å². The van der Waals surface area contributed by atoms with Gasteiger partial charge in [0.15, 0.2) is 0 Å². The molecule has 0 aliphatic heterocycles. The van der Waals surface area contributed by atoms with Crippen LogP contribution in [0.3, 0.4) is 0 Å². The molecule has 0 aromatic heterocycles. The molecule has 0 aromatic rings. The molecule has 6 heteroatoms. The third-order valence-electron chi connectivity index (χ3n) is 2.43. The zero-order chi connectivity index (χ0) is 14.2. The molecule has 0 bridgehead atoms. The lowest BCUT2D eigenvalue weighted by molar-refractivity contribution is -0.601. The lowest BCUT2D eigenvalue weighted by atomic mass is 9.87. The number of rotatable bonds is 8. The second kappa shape index (κ2) is 8.05. The van der Waals surface area contributed by atoms with Crippen LogP contribution in [0.2, 0.25) is 0 Å². The van der Waals surface area contributed by atoms with Gasteiger partial charge in [-0.3, -0.25) is 9.78 Å². The topological polar surface area (TPSA) is 71.1 Å². The van der Waals surface area contributed by atoms with E-state index in [-0.39, 0.29) is 5.92 Å². The maximum absolute atomic E-state index is 11.6. The highest BCUT2D eigenvalue weighted by molar-refractivity contribution is 5.75. The Morgan fingerprint density at radius 3 is 2.17 bits per heavy atom. The fraction of sp³-hybridized carbons (Fsp3) is 0.833. The van der Waals surface area contributed by atoms with Crippen molar-refractivity contribution < 1.29 is 29.4 Å². The minimum absolute atomic E-state index is 0.356. The summed E-state index contributed by atoms with van der Waals surface area (Å²) in [6.45, 7) is 8.78. The van der Waals surface area contributed by atoms with Gasteiger partial charge >= 0.3 is 11.9 Å². The van der Waals surface area contributed by atoms with Gasteiger partial charge in [-0.1, -0.05) is 33.6 Å². The Morgan fingerprint density at radius 2 is 1.67 bits per heavy atom. The van der Waals surface area contributed by atoms with E-state index < -0.39 is 17.4 Å². The molecule has 0 fully saturated rings. The SMILES string of the molecule is CCCCC(C)(C)C(=O)OOOOC(=O)C(C)C. The van der Waals surface area contributed by atoms with Gasteiger partial charge in [0.2, 0.25) is 0 Å². The number of unbranched alkanes of at least 4 members (excludes halogenated alkanes) is 1. The molecule has 6 nitrogen and oxygen atoms in total. The van der Waals surface area contributed by atoms with Crippen molar-refractivity contribution >= 4 is 11.9 Å². The summed E-state index contributed by atoms with van der Waals surface area (Å²) < 4.78 is 0. The van der Waals surface area contributed by atoms with Crippen LogP contribution in [0, 0.1) is 11.3 Å². The monoisotopic (exact) mass is 262 g/mol. The minimum atomic E-state index is -0.665. The quantitative estimate of drug-likeness (QED) is 0.380. The molecule has 0 saturated heterocycles. The normalized spacial score (nSPS) is 11.4. The molecule has 0 aromatic carbocycles. The number of carbonyl (C=O) groups is 2. The average molecular weight is 262 g/mol. The Hall–Kier alpha value is -1.14. The molecule has 0 aliphatic carbocycles. The van der Waals surface area contributed by atoms with Crippen molar-refractivity contribution in [2.24, 2.45) is 11.3 Å². The van der Waals surface area contributed by atoms with Gasteiger partial charge in [-0.2, -0.15) is 0 Å². The number of hydrogen-bond acceptors (Lipinski definition) is 6. The molecule has 106 valence electrons. The standard InChI is InChI=1S/C12H22O6/c1-6-7-8-12(4,5)11(14)16-18-17-15-10(13)9(2)3/h9H,6-8H2,1-5H3. The molecular weight excluding hydrogens is 240 g/mol. The van der Waals surface area contributed by atoms with Crippen LogP contribution in [0.4, 0.5) is 0 Å². The van der Waals surface area contributed by atoms with Crippen LogP contribution in [-0.4, -0.2) is 11.9 Å². The Kier molecular flexibility index (Phi) is 7.54.